The first-order chi connectivity index (χ1) is 10.1. The minimum atomic E-state index is 0.143. The maximum atomic E-state index is 12.0. The monoisotopic (exact) mass is 287 g/mol. The highest BCUT2D eigenvalue weighted by Crippen LogP contribution is 2.28. The van der Waals surface area contributed by atoms with Crippen LogP contribution in [0.15, 0.2) is 18.6 Å². The first kappa shape index (κ1) is 13.9. The lowest BCUT2D eigenvalue weighted by Crippen LogP contribution is -2.40. The molecule has 3 heterocycles. The zero-order chi connectivity index (χ0) is 15.0. The van der Waals surface area contributed by atoms with Gasteiger partial charge in [0, 0.05) is 46.3 Å². The molecule has 2 aromatic rings. The van der Waals surface area contributed by atoms with E-state index in [1.165, 1.54) is 0 Å². The van der Waals surface area contributed by atoms with Crippen LogP contribution in [0.25, 0.3) is 11.0 Å². The maximum absolute atomic E-state index is 12.0. The van der Waals surface area contributed by atoms with E-state index in [0.29, 0.717) is 0 Å². The second kappa shape index (κ2) is 5.35. The minimum absolute atomic E-state index is 0.143. The fourth-order valence-electron chi connectivity index (χ4n) is 3.02. The van der Waals surface area contributed by atoms with Crippen LogP contribution >= 0.6 is 0 Å². The van der Waals surface area contributed by atoms with Crippen molar-refractivity contribution in [3.8, 4) is 0 Å². The summed E-state index contributed by atoms with van der Waals surface area (Å²) in [6, 6.07) is 2.06. The number of hydrogen-bond acceptors (Lipinski definition) is 4. The van der Waals surface area contributed by atoms with E-state index in [-0.39, 0.29) is 11.8 Å². The normalized spacial score (nSPS) is 16.4. The van der Waals surface area contributed by atoms with E-state index in [1.807, 2.05) is 31.9 Å². The molecule has 0 unspecified atom stereocenters. The van der Waals surface area contributed by atoms with Crippen molar-refractivity contribution < 1.29 is 4.79 Å². The molecular formula is C15H21N5O. The van der Waals surface area contributed by atoms with Crippen LogP contribution in [0, 0.1) is 5.92 Å². The van der Waals surface area contributed by atoms with Gasteiger partial charge in [-0.25, -0.2) is 9.97 Å². The Bertz CT molecular complexity index is 655. The molecule has 0 saturated carbocycles. The van der Waals surface area contributed by atoms with Crippen LogP contribution in [-0.4, -0.2) is 52.5 Å². The molecular weight excluding hydrogens is 266 g/mol. The van der Waals surface area contributed by atoms with Crippen LogP contribution in [0.5, 0.6) is 0 Å². The van der Waals surface area contributed by atoms with Crippen LogP contribution in [0.2, 0.25) is 0 Å². The number of aryl methyl sites for hydroxylation is 1. The topological polar surface area (TPSA) is 54.3 Å². The van der Waals surface area contributed by atoms with E-state index in [4.69, 9.17) is 0 Å². The summed E-state index contributed by atoms with van der Waals surface area (Å²) >= 11 is 0. The van der Waals surface area contributed by atoms with Crippen molar-refractivity contribution in [2.75, 3.05) is 32.1 Å². The van der Waals surface area contributed by atoms with Crippen molar-refractivity contribution >= 4 is 22.8 Å². The average Bonchev–Trinajstić information content (AvgIpc) is 2.88. The molecule has 1 amide bonds. The number of fused-ring (bicyclic) bond motifs is 1. The van der Waals surface area contributed by atoms with E-state index in [1.54, 1.807) is 11.2 Å². The van der Waals surface area contributed by atoms with Crippen LogP contribution in [0.1, 0.15) is 12.8 Å². The molecule has 2 aromatic heterocycles. The van der Waals surface area contributed by atoms with Crippen LogP contribution in [0.3, 0.4) is 0 Å². The summed E-state index contributed by atoms with van der Waals surface area (Å²) in [5.74, 6) is 1.36. The Balaban J connectivity index is 1.79. The van der Waals surface area contributed by atoms with Crippen LogP contribution < -0.4 is 4.90 Å². The van der Waals surface area contributed by atoms with Crippen molar-refractivity contribution in [3.05, 3.63) is 18.6 Å². The van der Waals surface area contributed by atoms with Crippen LogP contribution in [0.4, 0.5) is 5.82 Å². The zero-order valence-corrected chi connectivity index (χ0v) is 12.8. The molecule has 3 rings (SSSR count). The van der Waals surface area contributed by atoms with Gasteiger partial charge in [0.05, 0.1) is 5.39 Å². The van der Waals surface area contributed by atoms with Gasteiger partial charge in [-0.2, -0.15) is 0 Å². The molecule has 0 spiro atoms. The SMILES string of the molecule is CN(C)C(=O)C1CCN(c2ncnc3c2ccn3C)CC1. The smallest absolute Gasteiger partial charge is 0.225 e. The Kier molecular flexibility index (Phi) is 3.53. The number of nitrogens with zero attached hydrogens (tertiary/aromatic N) is 5. The quantitative estimate of drug-likeness (QED) is 0.835. The molecule has 1 aliphatic rings. The fourth-order valence-corrected chi connectivity index (χ4v) is 3.02. The molecule has 1 aliphatic heterocycles. The Morgan fingerprint density at radius 2 is 2.00 bits per heavy atom. The van der Waals surface area contributed by atoms with Gasteiger partial charge in [0.15, 0.2) is 0 Å². The van der Waals surface area contributed by atoms with Gasteiger partial charge in [-0.1, -0.05) is 0 Å². The highest BCUT2D eigenvalue weighted by molar-refractivity contribution is 5.88. The third-order valence-corrected chi connectivity index (χ3v) is 4.23. The lowest BCUT2D eigenvalue weighted by molar-refractivity contribution is -0.133. The first-order valence-electron chi connectivity index (χ1n) is 7.30. The van der Waals surface area contributed by atoms with Gasteiger partial charge in [0.1, 0.15) is 17.8 Å². The predicted octanol–water partition coefficient (Wildman–Crippen LogP) is 1.27. The second-order valence-corrected chi connectivity index (χ2v) is 5.86. The number of carbonyl (C=O) groups is 1. The largest absolute Gasteiger partial charge is 0.356 e. The van der Waals surface area contributed by atoms with E-state index in [0.717, 1.165) is 42.8 Å². The molecule has 0 atom stereocenters. The van der Waals surface area contributed by atoms with Crippen LogP contribution in [-0.2, 0) is 11.8 Å². The molecule has 1 saturated heterocycles. The second-order valence-electron chi connectivity index (χ2n) is 5.86. The summed E-state index contributed by atoms with van der Waals surface area (Å²) in [7, 11) is 5.64. The molecule has 0 bridgehead atoms. The Hall–Kier alpha value is -2.11. The Morgan fingerprint density at radius 3 is 2.67 bits per heavy atom. The van der Waals surface area contributed by atoms with E-state index >= 15 is 0 Å². The third-order valence-electron chi connectivity index (χ3n) is 4.23. The number of amides is 1. The van der Waals surface area contributed by atoms with Crippen molar-refractivity contribution in [2.45, 2.75) is 12.8 Å². The number of anilines is 1. The summed E-state index contributed by atoms with van der Waals surface area (Å²) in [6.45, 7) is 1.73. The molecule has 0 radical (unpaired) electrons. The zero-order valence-electron chi connectivity index (χ0n) is 12.8. The molecule has 112 valence electrons. The number of carbonyl (C=O) groups excluding carboxylic acids is 1. The highest BCUT2D eigenvalue weighted by atomic mass is 16.2. The molecule has 1 fully saturated rings. The highest BCUT2D eigenvalue weighted by Gasteiger charge is 2.27. The van der Waals surface area contributed by atoms with Crippen molar-refractivity contribution in [1.82, 2.24) is 19.4 Å². The Labute approximate surface area is 124 Å². The molecule has 6 nitrogen and oxygen atoms in total. The number of rotatable bonds is 2. The summed E-state index contributed by atoms with van der Waals surface area (Å²) in [5.41, 5.74) is 0.950. The van der Waals surface area contributed by atoms with Gasteiger partial charge in [0.2, 0.25) is 5.91 Å². The first-order valence-corrected chi connectivity index (χ1v) is 7.30. The fraction of sp³-hybridized carbons (Fsp3) is 0.533. The molecule has 0 N–H and O–H groups in total. The summed E-state index contributed by atoms with van der Waals surface area (Å²) in [4.78, 5) is 24.8. The maximum Gasteiger partial charge on any atom is 0.225 e. The number of piperidine rings is 1. The molecule has 21 heavy (non-hydrogen) atoms. The molecule has 0 aliphatic carbocycles. The van der Waals surface area contributed by atoms with Crippen molar-refractivity contribution in [3.63, 3.8) is 0 Å². The van der Waals surface area contributed by atoms with Gasteiger partial charge >= 0.3 is 0 Å². The predicted molar refractivity (Wildman–Crippen MR) is 82.1 cm³/mol. The van der Waals surface area contributed by atoms with E-state index < -0.39 is 0 Å². The number of hydrogen-bond donors (Lipinski definition) is 0. The Morgan fingerprint density at radius 1 is 1.29 bits per heavy atom. The average molecular weight is 287 g/mol. The van der Waals surface area contributed by atoms with Gasteiger partial charge in [-0.3, -0.25) is 4.79 Å². The van der Waals surface area contributed by atoms with Crippen molar-refractivity contribution in [2.24, 2.45) is 13.0 Å². The summed E-state index contributed by atoms with van der Waals surface area (Å²) < 4.78 is 2.00. The molecule has 6 heteroatoms. The van der Waals surface area contributed by atoms with Gasteiger partial charge in [0.25, 0.3) is 0 Å². The van der Waals surface area contributed by atoms with Gasteiger partial charge < -0.3 is 14.4 Å². The number of aromatic nitrogens is 3. The standard InChI is InChI=1S/C15H21N5O/c1-18(2)15(21)11-4-8-20(9-5-11)14-12-6-7-19(3)13(12)16-10-17-14/h6-7,10-11H,4-5,8-9H2,1-3H3. The summed E-state index contributed by atoms with van der Waals surface area (Å²) in [5, 5.41) is 1.08. The lowest BCUT2D eigenvalue weighted by Gasteiger charge is -2.33. The summed E-state index contributed by atoms with van der Waals surface area (Å²) in [6.07, 6.45) is 5.39. The minimum Gasteiger partial charge on any atom is -0.356 e. The van der Waals surface area contributed by atoms with E-state index in [2.05, 4.69) is 20.9 Å². The molecule has 0 aromatic carbocycles. The van der Waals surface area contributed by atoms with Gasteiger partial charge in [-0.05, 0) is 18.9 Å². The van der Waals surface area contributed by atoms with Gasteiger partial charge in [-0.15, -0.1) is 0 Å². The van der Waals surface area contributed by atoms with Crippen molar-refractivity contribution in [1.29, 1.82) is 0 Å². The van der Waals surface area contributed by atoms with E-state index in [9.17, 15) is 4.79 Å². The lowest BCUT2D eigenvalue weighted by atomic mass is 9.95. The third kappa shape index (κ3) is 2.46.